The number of hydrogen-bond donors (Lipinski definition) is 1. The molecule has 1 aliphatic heterocycles. The Morgan fingerprint density at radius 2 is 1.70 bits per heavy atom. The number of para-hydroxylation sites is 1. The number of ether oxygens (including phenoxy) is 1. The number of rotatable bonds is 9. The van der Waals surface area contributed by atoms with Crippen LogP contribution in [0.15, 0.2) is 59.5 Å². The summed E-state index contributed by atoms with van der Waals surface area (Å²) < 4.78 is 32.6. The average Bonchev–Trinajstić information content (AvgIpc) is 2.75. The molecule has 1 heterocycles. The Labute approximate surface area is 178 Å². The summed E-state index contributed by atoms with van der Waals surface area (Å²) in [4.78, 5) is 14.4. The van der Waals surface area contributed by atoms with Gasteiger partial charge in [0.05, 0.1) is 11.4 Å². The lowest BCUT2D eigenvalue weighted by Gasteiger charge is -2.25. The molecule has 1 aliphatic rings. The highest BCUT2D eigenvalue weighted by Crippen LogP contribution is 2.22. The number of nitrogens with zero attached hydrogens (tertiary/aromatic N) is 2. The van der Waals surface area contributed by atoms with Gasteiger partial charge in [-0.2, -0.15) is 4.31 Å². The van der Waals surface area contributed by atoms with Crippen molar-refractivity contribution < 1.29 is 17.9 Å². The summed E-state index contributed by atoms with van der Waals surface area (Å²) in [6.07, 6.45) is 2.87. The highest BCUT2D eigenvalue weighted by molar-refractivity contribution is 7.89. The normalized spacial score (nSPS) is 15.1. The maximum Gasteiger partial charge on any atom is 0.243 e. The summed E-state index contributed by atoms with van der Waals surface area (Å²) in [6, 6.07) is 15.9. The number of hydrogen-bond acceptors (Lipinski definition) is 5. The SMILES string of the molecule is CN(CCOc1ccccc1)CC(=O)Nc1ccc(S(=O)(=O)N2CCCCC2)cc1. The van der Waals surface area contributed by atoms with Crippen LogP contribution < -0.4 is 10.1 Å². The largest absolute Gasteiger partial charge is 0.492 e. The summed E-state index contributed by atoms with van der Waals surface area (Å²) in [5.41, 5.74) is 0.575. The van der Waals surface area contributed by atoms with Crippen molar-refractivity contribution in [3.63, 3.8) is 0 Å². The Kier molecular flexibility index (Phi) is 7.84. The maximum atomic E-state index is 12.7. The average molecular weight is 432 g/mol. The number of carbonyl (C=O) groups excluding carboxylic acids is 1. The van der Waals surface area contributed by atoms with Gasteiger partial charge >= 0.3 is 0 Å². The fourth-order valence-electron chi connectivity index (χ4n) is 3.33. The molecule has 0 aromatic heterocycles. The molecule has 0 spiro atoms. The summed E-state index contributed by atoms with van der Waals surface area (Å²) in [6.45, 7) is 2.44. The second-order valence-corrected chi connectivity index (χ2v) is 9.37. The predicted octanol–water partition coefficient (Wildman–Crippen LogP) is 2.81. The first-order chi connectivity index (χ1) is 14.4. The minimum atomic E-state index is -3.46. The fourth-order valence-corrected chi connectivity index (χ4v) is 4.84. The number of likely N-dealkylation sites (N-methyl/N-ethyl adjacent to an activating group) is 1. The third-order valence-corrected chi connectivity index (χ3v) is 6.90. The smallest absolute Gasteiger partial charge is 0.243 e. The van der Waals surface area contributed by atoms with Crippen LogP contribution in [-0.2, 0) is 14.8 Å². The first kappa shape index (κ1) is 22.3. The molecule has 162 valence electrons. The van der Waals surface area contributed by atoms with Crippen LogP contribution in [0.1, 0.15) is 19.3 Å². The fraction of sp³-hybridized carbons (Fsp3) is 0.409. The van der Waals surface area contributed by atoms with Gasteiger partial charge in [0, 0.05) is 25.3 Å². The number of sulfonamides is 1. The van der Waals surface area contributed by atoms with E-state index in [1.165, 1.54) is 4.31 Å². The molecule has 0 bridgehead atoms. The third-order valence-electron chi connectivity index (χ3n) is 4.99. The molecular weight excluding hydrogens is 402 g/mol. The molecule has 1 N–H and O–H groups in total. The van der Waals surface area contributed by atoms with Crippen LogP contribution in [0.5, 0.6) is 5.75 Å². The van der Waals surface area contributed by atoms with Crippen molar-refractivity contribution in [1.82, 2.24) is 9.21 Å². The molecule has 1 fully saturated rings. The molecule has 8 heteroatoms. The van der Waals surface area contributed by atoms with Crippen LogP contribution in [0.2, 0.25) is 0 Å². The lowest BCUT2D eigenvalue weighted by Crippen LogP contribution is -2.35. The van der Waals surface area contributed by atoms with Gasteiger partial charge < -0.3 is 10.1 Å². The first-order valence-corrected chi connectivity index (χ1v) is 11.7. The zero-order chi connectivity index (χ0) is 21.4. The maximum absolute atomic E-state index is 12.7. The van der Waals surface area contributed by atoms with Crippen LogP contribution in [-0.4, -0.2) is 63.4 Å². The van der Waals surface area contributed by atoms with Crippen molar-refractivity contribution in [2.24, 2.45) is 0 Å². The van der Waals surface area contributed by atoms with Crippen LogP contribution in [0.25, 0.3) is 0 Å². The second-order valence-electron chi connectivity index (χ2n) is 7.44. The molecule has 0 radical (unpaired) electrons. The van der Waals surface area contributed by atoms with Gasteiger partial charge in [0.1, 0.15) is 12.4 Å². The number of piperidine rings is 1. The molecule has 2 aromatic rings. The zero-order valence-corrected chi connectivity index (χ0v) is 18.1. The zero-order valence-electron chi connectivity index (χ0n) is 17.3. The minimum Gasteiger partial charge on any atom is -0.492 e. The van der Waals surface area contributed by atoms with E-state index in [9.17, 15) is 13.2 Å². The van der Waals surface area contributed by atoms with Crippen LogP contribution in [0.4, 0.5) is 5.69 Å². The van der Waals surface area contributed by atoms with Gasteiger partial charge in [-0.25, -0.2) is 8.42 Å². The molecule has 0 unspecified atom stereocenters. The van der Waals surface area contributed by atoms with Crippen molar-refractivity contribution in [2.45, 2.75) is 24.2 Å². The molecule has 1 saturated heterocycles. The molecule has 0 aliphatic carbocycles. The van der Waals surface area contributed by atoms with E-state index in [0.717, 1.165) is 25.0 Å². The van der Waals surface area contributed by atoms with Gasteiger partial charge in [0.15, 0.2) is 0 Å². The van der Waals surface area contributed by atoms with Crippen LogP contribution in [0, 0.1) is 0 Å². The van der Waals surface area contributed by atoms with Gasteiger partial charge in [0.25, 0.3) is 0 Å². The van der Waals surface area contributed by atoms with E-state index in [1.807, 2.05) is 42.3 Å². The molecule has 0 saturated carbocycles. The van der Waals surface area contributed by atoms with Gasteiger partial charge in [0.2, 0.25) is 15.9 Å². The quantitative estimate of drug-likeness (QED) is 0.661. The molecule has 30 heavy (non-hydrogen) atoms. The Hall–Kier alpha value is -2.42. The van der Waals surface area contributed by atoms with Crippen molar-refractivity contribution >= 4 is 21.6 Å². The highest BCUT2D eigenvalue weighted by Gasteiger charge is 2.25. The molecular formula is C22H29N3O4S. The Morgan fingerprint density at radius 1 is 1.03 bits per heavy atom. The Bertz CT molecular complexity index is 911. The number of benzene rings is 2. The molecule has 2 aromatic carbocycles. The second kappa shape index (κ2) is 10.6. The van der Waals surface area contributed by atoms with Crippen molar-refractivity contribution in [3.8, 4) is 5.75 Å². The minimum absolute atomic E-state index is 0.163. The van der Waals surface area contributed by atoms with E-state index >= 15 is 0 Å². The van der Waals surface area contributed by atoms with E-state index in [2.05, 4.69) is 5.32 Å². The molecule has 0 atom stereocenters. The summed E-state index contributed by atoms with van der Waals surface area (Å²) in [7, 11) is -1.61. The standard InChI is InChI=1S/C22H29N3O4S/c1-24(16-17-29-20-8-4-2-5-9-20)18-22(26)23-19-10-12-21(13-11-19)30(27,28)25-14-6-3-7-15-25/h2,4-5,8-13H,3,6-7,14-18H2,1H3,(H,23,26). The van der Waals surface area contributed by atoms with Gasteiger partial charge in [-0.15, -0.1) is 0 Å². The van der Waals surface area contributed by atoms with E-state index < -0.39 is 10.0 Å². The lowest BCUT2D eigenvalue weighted by molar-refractivity contribution is -0.117. The van der Waals surface area contributed by atoms with E-state index in [4.69, 9.17) is 4.74 Å². The van der Waals surface area contributed by atoms with Crippen molar-refractivity contribution in [1.29, 1.82) is 0 Å². The number of anilines is 1. The lowest BCUT2D eigenvalue weighted by atomic mass is 10.2. The Morgan fingerprint density at radius 3 is 2.37 bits per heavy atom. The molecule has 1 amide bonds. The third kappa shape index (κ3) is 6.29. The van der Waals surface area contributed by atoms with Crippen LogP contribution >= 0.6 is 0 Å². The monoisotopic (exact) mass is 431 g/mol. The first-order valence-electron chi connectivity index (χ1n) is 10.2. The topological polar surface area (TPSA) is 79.0 Å². The number of amides is 1. The number of carbonyl (C=O) groups is 1. The van der Waals surface area contributed by atoms with Crippen molar-refractivity contribution in [2.75, 3.05) is 45.2 Å². The van der Waals surface area contributed by atoms with Crippen molar-refractivity contribution in [3.05, 3.63) is 54.6 Å². The predicted molar refractivity (Wildman–Crippen MR) is 117 cm³/mol. The summed E-state index contributed by atoms with van der Waals surface area (Å²) in [5.74, 6) is 0.638. The molecule has 7 nitrogen and oxygen atoms in total. The van der Waals surface area contributed by atoms with E-state index in [0.29, 0.717) is 31.9 Å². The Balaban J connectivity index is 1.45. The van der Waals surface area contributed by atoms with E-state index in [1.54, 1.807) is 24.3 Å². The van der Waals surface area contributed by atoms with Gasteiger partial charge in [-0.05, 0) is 56.3 Å². The van der Waals surface area contributed by atoms with E-state index in [-0.39, 0.29) is 17.3 Å². The summed E-state index contributed by atoms with van der Waals surface area (Å²) in [5, 5.41) is 2.81. The highest BCUT2D eigenvalue weighted by atomic mass is 32.2. The van der Waals surface area contributed by atoms with Gasteiger partial charge in [-0.1, -0.05) is 24.6 Å². The molecule has 3 rings (SSSR count). The summed E-state index contributed by atoms with van der Waals surface area (Å²) >= 11 is 0. The van der Waals surface area contributed by atoms with Crippen LogP contribution in [0.3, 0.4) is 0 Å². The van der Waals surface area contributed by atoms with Gasteiger partial charge in [-0.3, -0.25) is 9.69 Å². The number of nitrogens with one attached hydrogen (secondary N) is 1.